The van der Waals surface area contributed by atoms with Gasteiger partial charge in [-0.15, -0.1) is 0 Å². The lowest BCUT2D eigenvalue weighted by Crippen LogP contribution is -1.52. The molecule has 0 fully saturated rings. The van der Waals surface area contributed by atoms with Gasteiger partial charge in [0.05, 0.1) is 0 Å². The maximum atomic E-state index is 7.46. The first-order valence-corrected chi connectivity index (χ1v) is 3.83. The second kappa shape index (κ2) is 4.97. The normalized spacial score (nSPS) is 8.40. The molecule has 0 aromatic carbocycles. The van der Waals surface area contributed by atoms with Crippen LogP contribution in [0.1, 0.15) is 0 Å². The summed E-state index contributed by atoms with van der Waals surface area (Å²) in [4.78, 5) is 0. The molecule has 5 heavy (non-hydrogen) atoms. The number of thiol groups is 1. The lowest BCUT2D eigenvalue weighted by atomic mass is 15.0. The molecule has 5 heteroatoms. The fourth-order valence-corrected chi connectivity index (χ4v) is 0.367. The molecular weight excluding hydrogens is 128 g/mol. The molecule has 0 aliphatic carbocycles. The Morgan fingerprint density at radius 3 is 2.40 bits per heavy atom. The summed E-state index contributed by atoms with van der Waals surface area (Å²) in [5.41, 5.74) is 0. The van der Waals surface area contributed by atoms with Crippen LogP contribution >= 0.6 is 32.6 Å². The highest BCUT2D eigenvalue weighted by Crippen LogP contribution is 2.23. The van der Waals surface area contributed by atoms with Crippen LogP contribution in [-0.4, -0.2) is 5.26 Å². The molecule has 0 atom stereocenters. The Hall–Kier alpha value is 0.970. The summed E-state index contributed by atoms with van der Waals surface area (Å²) in [6.45, 7) is 0. The Morgan fingerprint density at radius 2 is 2.40 bits per heavy atom. The molecule has 0 amide bonds. The van der Waals surface area contributed by atoms with Crippen molar-refractivity contribution in [3.63, 3.8) is 0 Å². The van der Waals surface area contributed by atoms with E-state index in [0.29, 0.717) is 0 Å². The largest absolute Gasteiger partial charge is 0.239 e. The predicted molar refractivity (Wildman–Crippen MR) is 27.9 cm³/mol. The molecule has 1 N–H and O–H groups in total. The first kappa shape index (κ1) is 5.97. The summed E-state index contributed by atoms with van der Waals surface area (Å²) in [6, 6.07) is 0. The Balaban J connectivity index is 2.19. The second-order valence-electron chi connectivity index (χ2n) is 0.217. The fourth-order valence-electron chi connectivity index (χ4n) is 0.0136. The molecule has 0 aliphatic rings. The van der Waals surface area contributed by atoms with Gasteiger partial charge in [0.1, 0.15) is 11.1 Å². The van der Waals surface area contributed by atoms with E-state index >= 15 is 0 Å². The van der Waals surface area contributed by atoms with Gasteiger partial charge < -0.3 is 0 Å². The van der Waals surface area contributed by atoms with Crippen LogP contribution < -0.4 is 0 Å². The molecular formula is H2O2S3. The van der Waals surface area contributed by atoms with E-state index in [1.807, 2.05) is 0 Å². The van der Waals surface area contributed by atoms with Crippen molar-refractivity contribution in [2.75, 3.05) is 0 Å². The molecule has 0 aliphatic heterocycles. The van der Waals surface area contributed by atoms with Gasteiger partial charge in [0.2, 0.25) is 0 Å². The summed E-state index contributed by atoms with van der Waals surface area (Å²) in [5, 5.41) is 7.46. The highest BCUT2D eigenvalue weighted by atomic mass is 33.5. The van der Waals surface area contributed by atoms with Crippen molar-refractivity contribution in [3.05, 3.63) is 0 Å². The van der Waals surface area contributed by atoms with Gasteiger partial charge in [0.25, 0.3) is 0 Å². The molecule has 0 rings (SSSR count). The zero-order valence-corrected chi connectivity index (χ0v) is 4.65. The molecule has 2 nitrogen and oxygen atoms in total. The maximum Gasteiger partial charge on any atom is 0.113 e. The SMILES string of the molecule is OOSSS. The first-order chi connectivity index (χ1) is 2.41. The van der Waals surface area contributed by atoms with Crippen LogP contribution in [0.4, 0.5) is 0 Å². The third-order valence-corrected chi connectivity index (χ3v) is 1.10. The van der Waals surface area contributed by atoms with Gasteiger partial charge in [-0.3, -0.25) is 0 Å². The van der Waals surface area contributed by atoms with Gasteiger partial charge in [-0.05, 0) is 0 Å². The minimum atomic E-state index is 0.799. The number of hydrogen-bond donors (Lipinski definition) is 2. The molecule has 0 saturated heterocycles. The topological polar surface area (TPSA) is 29.5 Å². The van der Waals surface area contributed by atoms with Crippen molar-refractivity contribution < 1.29 is 9.59 Å². The summed E-state index contributed by atoms with van der Waals surface area (Å²) in [6.07, 6.45) is 0. The summed E-state index contributed by atoms with van der Waals surface area (Å²) in [7, 11) is 1.04. The van der Waals surface area contributed by atoms with E-state index in [1.165, 1.54) is 0 Å². The summed E-state index contributed by atoms with van der Waals surface area (Å²) in [5.74, 6) is 0. The lowest BCUT2D eigenvalue weighted by molar-refractivity contribution is -0.114. The third kappa shape index (κ3) is 4.97. The van der Waals surface area contributed by atoms with Crippen LogP contribution in [0.25, 0.3) is 0 Å². The van der Waals surface area contributed by atoms with Crippen LogP contribution in [0.2, 0.25) is 0 Å². The van der Waals surface area contributed by atoms with Gasteiger partial charge in [-0.2, -0.15) is 4.33 Å². The molecule has 32 valence electrons. The number of rotatable bonds is 2. The molecule has 0 unspecified atom stereocenters. The van der Waals surface area contributed by atoms with Gasteiger partial charge in [-0.1, -0.05) is 11.7 Å². The van der Waals surface area contributed by atoms with Crippen LogP contribution in [0.5, 0.6) is 0 Å². The first-order valence-electron chi connectivity index (χ1n) is 0.698. The summed E-state index contributed by atoms with van der Waals surface area (Å²) >= 11 is 4.39. The van der Waals surface area contributed by atoms with Crippen molar-refractivity contribution in [2.24, 2.45) is 0 Å². The van der Waals surface area contributed by atoms with Crippen LogP contribution in [0, 0.1) is 0 Å². The van der Waals surface area contributed by atoms with Gasteiger partial charge in [0.15, 0.2) is 0 Å². The Morgan fingerprint density at radius 1 is 1.80 bits per heavy atom. The van der Waals surface area contributed by atoms with E-state index in [1.54, 1.807) is 0 Å². The molecule has 0 saturated carbocycles. The van der Waals surface area contributed by atoms with Gasteiger partial charge in [0, 0.05) is 9.83 Å². The molecule has 0 radical (unpaired) electrons. The quantitative estimate of drug-likeness (QED) is 0.195. The van der Waals surface area contributed by atoms with Crippen LogP contribution in [-0.2, 0) is 4.33 Å². The molecule has 0 aromatic heterocycles. The van der Waals surface area contributed by atoms with Crippen molar-refractivity contribution in [2.45, 2.75) is 0 Å². The molecule has 0 spiro atoms. The molecule has 0 bridgehead atoms. The number of hydrogen-bond acceptors (Lipinski definition) is 5. The smallest absolute Gasteiger partial charge is 0.113 e. The van der Waals surface area contributed by atoms with Gasteiger partial charge >= 0.3 is 0 Å². The Labute approximate surface area is 42.6 Å². The second-order valence-corrected chi connectivity index (χ2v) is 2.85. The van der Waals surface area contributed by atoms with Crippen molar-refractivity contribution >= 4 is 32.6 Å². The van der Waals surface area contributed by atoms with E-state index < -0.39 is 0 Å². The van der Waals surface area contributed by atoms with Crippen molar-refractivity contribution in [3.8, 4) is 0 Å². The monoisotopic (exact) mass is 130 g/mol. The van der Waals surface area contributed by atoms with Crippen LogP contribution in [0.3, 0.4) is 0 Å². The van der Waals surface area contributed by atoms with E-state index in [2.05, 4.69) is 16.0 Å². The van der Waals surface area contributed by atoms with Crippen molar-refractivity contribution in [1.29, 1.82) is 0 Å². The predicted octanol–water partition coefficient (Wildman–Crippen LogP) is 1.62. The highest BCUT2D eigenvalue weighted by Gasteiger charge is 1.72. The minimum absolute atomic E-state index is 0.799. The van der Waals surface area contributed by atoms with E-state index in [4.69, 9.17) is 5.26 Å². The van der Waals surface area contributed by atoms with E-state index in [9.17, 15) is 0 Å². The highest BCUT2D eigenvalue weighted by molar-refractivity contribution is 9.04. The fraction of sp³-hybridized carbons (Fsp3) is 0. The molecule has 0 heterocycles. The Bertz CT molecular complexity index is 12.4. The maximum absolute atomic E-state index is 7.46. The van der Waals surface area contributed by atoms with E-state index in [-0.39, 0.29) is 0 Å². The van der Waals surface area contributed by atoms with Crippen LogP contribution in [0.15, 0.2) is 0 Å². The Kier molecular flexibility index (Phi) is 5.93. The molecule has 0 aromatic rings. The van der Waals surface area contributed by atoms with Gasteiger partial charge in [-0.25, -0.2) is 5.26 Å². The average molecular weight is 130 g/mol. The standard InChI is InChI=1S/H2O2S3/c1-2-4-5-3/h1,3H. The minimum Gasteiger partial charge on any atom is -0.239 e. The van der Waals surface area contributed by atoms with E-state index in [0.717, 1.165) is 20.9 Å². The average Bonchev–Trinajstić information content (AvgIpc) is 1.41. The zero-order chi connectivity index (χ0) is 4.12. The summed E-state index contributed by atoms with van der Waals surface area (Å²) < 4.78 is 3.49. The lowest BCUT2D eigenvalue weighted by Gasteiger charge is -1.77. The van der Waals surface area contributed by atoms with Crippen molar-refractivity contribution in [1.82, 2.24) is 0 Å². The third-order valence-electron chi connectivity index (χ3n) is 0.0609. The zero-order valence-electron chi connectivity index (χ0n) is 2.12.